The third-order valence-electron chi connectivity index (χ3n) is 6.24. The Bertz CT molecular complexity index is 1130. The lowest BCUT2D eigenvalue weighted by Crippen LogP contribution is -2.41. The average Bonchev–Trinajstić information content (AvgIpc) is 3.11. The van der Waals surface area contributed by atoms with Crippen LogP contribution in [0.15, 0.2) is 27.6 Å². The van der Waals surface area contributed by atoms with E-state index in [1.807, 2.05) is 18.2 Å². The minimum absolute atomic E-state index is 0.0148. The fourth-order valence-corrected chi connectivity index (χ4v) is 6.34. The SMILES string of the molecule is CC(=O)N1CCCc2cc(NC(=O)C3CCN(S(=O)(=O)c4c(C)noc4C)CC3)ccc21. The second-order valence-electron chi connectivity index (χ2n) is 8.44. The molecule has 0 bridgehead atoms. The van der Waals surface area contributed by atoms with Crippen molar-refractivity contribution in [2.45, 2.75) is 51.3 Å². The predicted octanol–water partition coefficient (Wildman–Crippen LogP) is 2.63. The van der Waals surface area contributed by atoms with Gasteiger partial charge in [0, 0.05) is 43.9 Å². The molecule has 3 heterocycles. The molecule has 0 unspecified atom stereocenters. The first-order valence-electron chi connectivity index (χ1n) is 10.8. The van der Waals surface area contributed by atoms with Crippen LogP contribution < -0.4 is 10.2 Å². The Morgan fingerprint density at radius 3 is 2.50 bits per heavy atom. The number of aryl methyl sites for hydroxylation is 3. The van der Waals surface area contributed by atoms with Gasteiger partial charge in [-0.05, 0) is 63.3 Å². The van der Waals surface area contributed by atoms with Gasteiger partial charge in [-0.15, -0.1) is 0 Å². The summed E-state index contributed by atoms with van der Waals surface area (Å²) in [5, 5.41) is 6.72. The number of anilines is 2. The Morgan fingerprint density at radius 2 is 1.88 bits per heavy atom. The number of amides is 2. The number of nitrogens with one attached hydrogen (secondary N) is 1. The van der Waals surface area contributed by atoms with Crippen LogP contribution in [0, 0.1) is 19.8 Å². The molecule has 0 spiro atoms. The van der Waals surface area contributed by atoms with Crippen molar-refractivity contribution in [3.05, 3.63) is 35.2 Å². The summed E-state index contributed by atoms with van der Waals surface area (Å²) in [7, 11) is -3.70. The Balaban J connectivity index is 1.40. The van der Waals surface area contributed by atoms with Gasteiger partial charge in [-0.25, -0.2) is 8.42 Å². The molecule has 1 N–H and O–H groups in total. The number of hydrogen-bond donors (Lipinski definition) is 1. The largest absolute Gasteiger partial charge is 0.360 e. The number of hydrogen-bond acceptors (Lipinski definition) is 6. The third-order valence-corrected chi connectivity index (χ3v) is 8.38. The lowest BCUT2D eigenvalue weighted by atomic mass is 9.96. The standard InChI is InChI=1S/C22H28N4O5S/c1-14-21(15(2)31-24-14)32(29,30)25-11-8-17(9-12-25)22(28)23-19-6-7-20-18(13-19)5-4-10-26(20)16(3)27/h6-7,13,17H,4-5,8-12H2,1-3H3,(H,23,28). The van der Waals surface area contributed by atoms with Crippen LogP contribution in [0.3, 0.4) is 0 Å². The highest BCUT2D eigenvalue weighted by atomic mass is 32.2. The van der Waals surface area contributed by atoms with Gasteiger partial charge >= 0.3 is 0 Å². The molecule has 9 nitrogen and oxygen atoms in total. The molecule has 4 rings (SSSR count). The first-order chi connectivity index (χ1) is 15.2. The first kappa shape index (κ1) is 22.5. The van der Waals surface area contributed by atoms with E-state index >= 15 is 0 Å². The molecule has 10 heteroatoms. The van der Waals surface area contributed by atoms with E-state index in [1.165, 1.54) is 4.31 Å². The molecule has 2 aliphatic rings. The quantitative estimate of drug-likeness (QED) is 0.751. The van der Waals surface area contributed by atoms with E-state index in [9.17, 15) is 18.0 Å². The van der Waals surface area contributed by atoms with Gasteiger partial charge in [0.15, 0.2) is 5.76 Å². The van der Waals surface area contributed by atoms with E-state index in [-0.39, 0.29) is 41.5 Å². The summed E-state index contributed by atoms with van der Waals surface area (Å²) in [5.41, 5.74) is 2.99. The molecule has 1 aromatic heterocycles. The molecule has 1 aromatic carbocycles. The van der Waals surface area contributed by atoms with E-state index in [4.69, 9.17) is 4.52 Å². The summed E-state index contributed by atoms with van der Waals surface area (Å²) >= 11 is 0. The van der Waals surface area contributed by atoms with Crippen LogP contribution in [0.4, 0.5) is 11.4 Å². The molecule has 0 saturated carbocycles. The number of nitrogens with zero attached hydrogens (tertiary/aromatic N) is 3. The monoisotopic (exact) mass is 460 g/mol. The highest BCUT2D eigenvalue weighted by Crippen LogP contribution is 2.31. The fraction of sp³-hybridized carbons (Fsp3) is 0.500. The lowest BCUT2D eigenvalue weighted by molar-refractivity contribution is -0.121. The van der Waals surface area contributed by atoms with Gasteiger partial charge in [-0.2, -0.15) is 4.31 Å². The van der Waals surface area contributed by atoms with Gasteiger partial charge in [-0.3, -0.25) is 9.59 Å². The van der Waals surface area contributed by atoms with Crippen LogP contribution in [0.2, 0.25) is 0 Å². The van der Waals surface area contributed by atoms with Crippen molar-refractivity contribution in [3.63, 3.8) is 0 Å². The number of piperidine rings is 1. The minimum Gasteiger partial charge on any atom is -0.360 e. The Labute approximate surface area is 187 Å². The van der Waals surface area contributed by atoms with E-state index < -0.39 is 10.0 Å². The summed E-state index contributed by atoms with van der Waals surface area (Å²) in [5.74, 6) is -0.0893. The topological polar surface area (TPSA) is 113 Å². The van der Waals surface area contributed by atoms with E-state index in [2.05, 4.69) is 10.5 Å². The van der Waals surface area contributed by atoms with Crippen molar-refractivity contribution < 1.29 is 22.5 Å². The van der Waals surface area contributed by atoms with Crippen molar-refractivity contribution in [1.29, 1.82) is 0 Å². The van der Waals surface area contributed by atoms with Crippen LogP contribution >= 0.6 is 0 Å². The molecule has 172 valence electrons. The maximum atomic E-state index is 13.0. The molecular weight excluding hydrogens is 432 g/mol. The van der Waals surface area contributed by atoms with Crippen LogP contribution in [0.25, 0.3) is 0 Å². The summed E-state index contributed by atoms with van der Waals surface area (Å²) in [6.45, 7) is 6.00. The molecule has 0 radical (unpaired) electrons. The molecule has 1 fully saturated rings. The fourth-order valence-electron chi connectivity index (χ4n) is 4.58. The summed E-state index contributed by atoms with van der Waals surface area (Å²) in [6.07, 6.45) is 2.64. The second-order valence-corrected chi connectivity index (χ2v) is 10.3. The van der Waals surface area contributed by atoms with Crippen molar-refractivity contribution in [2.24, 2.45) is 5.92 Å². The van der Waals surface area contributed by atoms with E-state index in [0.717, 1.165) is 24.1 Å². The Kier molecular flexibility index (Phi) is 6.09. The Hall–Kier alpha value is -2.72. The van der Waals surface area contributed by atoms with Gasteiger partial charge in [-0.1, -0.05) is 5.16 Å². The van der Waals surface area contributed by atoms with Crippen LogP contribution in [0.1, 0.15) is 43.2 Å². The Morgan fingerprint density at radius 1 is 1.16 bits per heavy atom. The normalized spacial score (nSPS) is 17.8. The van der Waals surface area contributed by atoms with Gasteiger partial charge in [0.2, 0.25) is 21.8 Å². The van der Waals surface area contributed by atoms with E-state index in [1.54, 1.807) is 25.7 Å². The van der Waals surface area contributed by atoms with Crippen LogP contribution in [0.5, 0.6) is 0 Å². The lowest BCUT2D eigenvalue weighted by Gasteiger charge is -2.31. The highest BCUT2D eigenvalue weighted by molar-refractivity contribution is 7.89. The number of fused-ring (bicyclic) bond motifs is 1. The summed E-state index contributed by atoms with van der Waals surface area (Å²) in [4.78, 5) is 26.6. The number of aromatic nitrogens is 1. The molecule has 2 amide bonds. The maximum Gasteiger partial charge on any atom is 0.248 e. The van der Waals surface area contributed by atoms with Crippen molar-refractivity contribution in [2.75, 3.05) is 29.9 Å². The zero-order valence-electron chi connectivity index (χ0n) is 18.6. The minimum atomic E-state index is -3.70. The zero-order chi connectivity index (χ0) is 23.0. The molecule has 1 saturated heterocycles. The molecule has 32 heavy (non-hydrogen) atoms. The summed E-state index contributed by atoms with van der Waals surface area (Å²) < 4.78 is 32.3. The van der Waals surface area contributed by atoms with Gasteiger partial charge in [0.05, 0.1) is 0 Å². The maximum absolute atomic E-state index is 13.0. The van der Waals surface area contributed by atoms with Crippen LogP contribution in [-0.2, 0) is 26.0 Å². The zero-order valence-corrected chi connectivity index (χ0v) is 19.4. The second kappa shape index (κ2) is 8.67. The molecule has 2 aromatic rings. The van der Waals surface area contributed by atoms with Gasteiger partial charge in [0.1, 0.15) is 10.6 Å². The van der Waals surface area contributed by atoms with Crippen LogP contribution in [-0.4, -0.2) is 49.3 Å². The van der Waals surface area contributed by atoms with Crippen molar-refractivity contribution >= 4 is 33.2 Å². The summed E-state index contributed by atoms with van der Waals surface area (Å²) in [6, 6.07) is 5.62. The molecule has 0 aliphatic carbocycles. The highest BCUT2D eigenvalue weighted by Gasteiger charge is 2.35. The number of benzene rings is 1. The smallest absolute Gasteiger partial charge is 0.248 e. The number of sulfonamides is 1. The molecule has 0 atom stereocenters. The molecule has 2 aliphatic heterocycles. The predicted molar refractivity (Wildman–Crippen MR) is 119 cm³/mol. The molecular formula is C22H28N4O5S. The number of rotatable bonds is 4. The van der Waals surface area contributed by atoms with E-state index in [0.29, 0.717) is 30.8 Å². The van der Waals surface area contributed by atoms with Gasteiger partial charge in [0.25, 0.3) is 0 Å². The van der Waals surface area contributed by atoms with Gasteiger partial charge < -0.3 is 14.7 Å². The van der Waals surface area contributed by atoms with Crippen molar-refractivity contribution in [1.82, 2.24) is 9.46 Å². The average molecular weight is 461 g/mol. The first-order valence-corrected chi connectivity index (χ1v) is 12.3. The number of carbonyl (C=O) groups is 2. The van der Waals surface area contributed by atoms with Crippen molar-refractivity contribution in [3.8, 4) is 0 Å². The third kappa shape index (κ3) is 4.16. The number of carbonyl (C=O) groups excluding carboxylic acids is 2.